The molecule has 1 rings (SSSR count). The van der Waals surface area contributed by atoms with Crippen molar-refractivity contribution >= 4 is 11.9 Å². The lowest BCUT2D eigenvalue weighted by Crippen LogP contribution is -2.38. The van der Waals surface area contributed by atoms with Gasteiger partial charge in [0.15, 0.2) is 0 Å². The van der Waals surface area contributed by atoms with Crippen molar-refractivity contribution in [1.82, 2.24) is 5.32 Å². The van der Waals surface area contributed by atoms with Gasteiger partial charge in [-0.2, -0.15) is 0 Å². The first kappa shape index (κ1) is 9.03. The zero-order valence-corrected chi connectivity index (χ0v) is 7.26. The second-order valence-electron chi connectivity index (χ2n) is 3.57. The minimum absolute atomic E-state index is 0.0195. The Morgan fingerprint density at radius 2 is 2.25 bits per heavy atom. The predicted octanol–water partition coefficient (Wildman–Crippen LogP) is 0.233. The van der Waals surface area contributed by atoms with Gasteiger partial charge in [-0.1, -0.05) is 13.8 Å². The molecule has 1 saturated heterocycles. The van der Waals surface area contributed by atoms with Gasteiger partial charge < -0.3 is 10.4 Å². The maximum atomic E-state index is 10.9. The summed E-state index contributed by atoms with van der Waals surface area (Å²) < 4.78 is 0. The SMILES string of the molecule is CC(C)[C@]1(C(=O)O)CNC(=O)C1. The number of carboxylic acid groups (broad SMARTS) is 1. The molecule has 4 nitrogen and oxygen atoms in total. The fourth-order valence-corrected chi connectivity index (χ4v) is 1.47. The molecular weight excluding hydrogens is 158 g/mol. The second-order valence-corrected chi connectivity index (χ2v) is 3.57. The fraction of sp³-hybridized carbons (Fsp3) is 0.750. The molecule has 0 aromatic heterocycles. The number of carbonyl (C=O) groups is 2. The van der Waals surface area contributed by atoms with Crippen LogP contribution in [0.3, 0.4) is 0 Å². The average molecular weight is 171 g/mol. The van der Waals surface area contributed by atoms with Crippen LogP contribution in [0, 0.1) is 11.3 Å². The van der Waals surface area contributed by atoms with E-state index in [0.717, 1.165) is 0 Å². The average Bonchev–Trinajstić information content (AvgIpc) is 2.32. The summed E-state index contributed by atoms with van der Waals surface area (Å²) >= 11 is 0. The van der Waals surface area contributed by atoms with E-state index >= 15 is 0 Å². The summed E-state index contributed by atoms with van der Waals surface area (Å²) in [5.41, 5.74) is -0.878. The first-order valence-electron chi connectivity index (χ1n) is 3.99. The van der Waals surface area contributed by atoms with Crippen LogP contribution in [-0.2, 0) is 9.59 Å². The van der Waals surface area contributed by atoms with Crippen LogP contribution in [0.25, 0.3) is 0 Å². The molecule has 0 aromatic carbocycles. The zero-order valence-electron chi connectivity index (χ0n) is 7.26. The Hall–Kier alpha value is -1.06. The van der Waals surface area contributed by atoms with Gasteiger partial charge in [0.05, 0.1) is 5.41 Å². The highest BCUT2D eigenvalue weighted by Gasteiger charge is 2.47. The van der Waals surface area contributed by atoms with E-state index in [1.807, 2.05) is 13.8 Å². The summed E-state index contributed by atoms with van der Waals surface area (Å²) in [5.74, 6) is -1.06. The highest BCUT2D eigenvalue weighted by molar-refractivity contribution is 5.89. The first-order chi connectivity index (χ1) is 5.49. The molecule has 1 aliphatic rings. The Morgan fingerprint density at radius 3 is 2.42 bits per heavy atom. The number of hydrogen-bond acceptors (Lipinski definition) is 2. The van der Waals surface area contributed by atoms with Crippen molar-refractivity contribution in [1.29, 1.82) is 0 Å². The zero-order chi connectivity index (χ0) is 9.35. The van der Waals surface area contributed by atoms with Gasteiger partial charge in [-0.25, -0.2) is 0 Å². The number of carbonyl (C=O) groups excluding carboxylic acids is 1. The molecule has 0 unspecified atom stereocenters. The molecule has 1 amide bonds. The number of rotatable bonds is 2. The van der Waals surface area contributed by atoms with E-state index in [-0.39, 0.29) is 24.8 Å². The van der Waals surface area contributed by atoms with Crippen molar-refractivity contribution < 1.29 is 14.7 Å². The highest BCUT2D eigenvalue weighted by Crippen LogP contribution is 2.34. The van der Waals surface area contributed by atoms with Gasteiger partial charge in [-0.15, -0.1) is 0 Å². The van der Waals surface area contributed by atoms with Gasteiger partial charge in [-0.05, 0) is 5.92 Å². The third-order valence-electron chi connectivity index (χ3n) is 2.61. The van der Waals surface area contributed by atoms with Crippen LogP contribution in [0.15, 0.2) is 0 Å². The fourth-order valence-electron chi connectivity index (χ4n) is 1.47. The van der Waals surface area contributed by atoms with Gasteiger partial charge in [0.2, 0.25) is 5.91 Å². The quantitative estimate of drug-likeness (QED) is 0.625. The lowest BCUT2D eigenvalue weighted by atomic mass is 9.76. The number of aliphatic carboxylic acids is 1. The summed E-state index contributed by atoms with van der Waals surface area (Å²) in [5, 5.41) is 11.5. The number of amides is 1. The number of hydrogen-bond donors (Lipinski definition) is 2. The minimum atomic E-state index is -0.879. The molecule has 0 radical (unpaired) electrons. The van der Waals surface area contributed by atoms with Crippen molar-refractivity contribution in [3.05, 3.63) is 0 Å². The molecule has 1 fully saturated rings. The third kappa shape index (κ3) is 1.17. The standard InChI is InChI=1S/C8H13NO3/c1-5(2)8(7(11)12)3-6(10)9-4-8/h5H,3-4H2,1-2H3,(H,9,10)(H,11,12)/t8-/m1/s1. The molecular formula is C8H13NO3. The molecule has 1 heterocycles. The van der Waals surface area contributed by atoms with Crippen LogP contribution in [0.5, 0.6) is 0 Å². The normalized spacial score (nSPS) is 29.1. The van der Waals surface area contributed by atoms with E-state index in [1.165, 1.54) is 0 Å². The van der Waals surface area contributed by atoms with E-state index in [4.69, 9.17) is 5.11 Å². The summed E-state index contributed by atoms with van der Waals surface area (Å²) in [7, 11) is 0. The first-order valence-corrected chi connectivity index (χ1v) is 3.99. The third-order valence-corrected chi connectivity index (χ3v) is 2.61. The molecule has 12 heavy (non-hydrogen) atoms. The topological polar surface area (TPSA) is 66.4 Å². The smallest absolute Gasteiger partial charge is 0.312 e. The van der Waals surface area contributed by atoms with Crippen molar-refractivity contribution in [2.75, 3.05) is 6.54 Å². The Morgan fingerprint density at radius 1 is 1.67 bits per heavy atom. The molecule has 0 bridgehead atoms. The van der Waals surface area contributed by atoms with Crippen LogP contribution >= 0.6 is 0 Å². The Kier molecular flexibility index (Phi) is 2.08. The van der Waals surface area contributed by atoms with Crippen molar-refractivity contribution in [2.24, 2.45) is 11.3 Å². The number of nitrogens with one attached hydrogen (secondary N) is 1. The van der Waals surface area contributed by atoms with Crippen molar-refractivity contribution in [3.63, 3.8) is 0 Å². The van der Waals surface area contributed by atoms with E-state index in [0.29, 0.717) is 0 Å². The van der Waals surface area contributed by atoms with E-state index in [2.05, 4.69) is 5.32 Å². The number of carboxylic acids is 1. The van der Waals surface area contributed by atoms with E-state index in [9.17, 15) is 9.59 Å². The molecule has 1 atom stereocenters. The molecule has 1 aliphatic heterocycles. The van der Waals surface area contributed by atoms with Crippen LogP contribution in [0.2, 0.25) is 0 Å². The summed E-state index contributed by atoms with van der Waals surface area (Å²) in [6.45, 7) is 3.92. The Bertz CT molecular complexity index is 224. The Balaban J connectivity index is 2.89. The van der Waals surface area contributed by atoms with Crippen LogP contribution in [-0.4, -0.2) is 23.5 Å². The molecule has 0 aliphatic carbocycles. The van der Waals surface area contributed by atoms with Gasteiger partial charge >= 0.3 is 5.97 Å². The summed E-state index contributed by atoms with van der Waals surface area (Å²) in [6.07, 6.45) is 0.111. The van der Waals surface area contributed by atoms with Gasteiger partial charge in [0.25, 0.3) is 0 Å². The van der Waals surface area contributed by atoms with Gasteiger partial charge in [-0.3, -0.25) is 9.59 Å². The molecule has 4 heteroatoms. The van der Waals surface area contributed by atoms with Crippen molar-refractivity contribution in [2.45, 2.75) is 20.3 Å². The van der Waals surface area contributed by atoms with Crippen molar-refractivity contribution in [3.8, 4) is 0 Å². The molecule has 2 N–H and O–H groups in total. The van der Waals surface area contributed by atoms with Gasteiger partial charge in [0.1, 0.15) is 0 Å². The van der Waals surface area contributed by atoms with E-state index in [1.54, 1.807) is 0 Å². The maximum absolute atomic E-state index is 10.9. The van der Waals surface area contributed by atoms with Crippen LogP contribution < -0.4 is 5.32 Å². The van der Waals surface area contributed by atoms with Crippen LogP contribution in [0.4, 0.5) is 0 Å². The lowest BCUT2D eigenvalue weighted by molar-refractivity contribution is -0.151. The summed E-state index contributed by atoms with van der Waals surface area (Å²) in [6, 6.07) is 0. The monoisotopic (exact) mass is 171 g/mol. The highest BCUT2D eigenvalue weighted by atomic mass is 16.4. The second kappa shape index (κ2) is 2.77. The minimum Gasteiger partial charge on any atom is -0.481 e. The predicted molar refractivity (Wildman–Crippen MR) is 42.5 cm³/mol. The molecule has 0 saturated carbocycles. The lowest BCUT2D eigenvalue weighted by Gasteiger charge is -2.25. The van der Waals surface area contributed by atoms with Crippen LogP contribution in [0.1, 0.15) is 20.3 Å². The van der Waals surface area contributed by atoms with E-state index < -0.39 is 11.4 Å². The largest absolute Gasteiger partial charge is 0.481 e. The molecule has 0 spiro atoms. The maximum Gasteiger partial charge on any atom is 0.312 e. The molecule has 68 valence electrons. The molecule has 0 aromatic rings. The van der Waals surface area contributed by atoms with Gasteiger partial charge in [0, 0.05) is 13.0 Å². The summed E-state index contributed by atoms with van der Waals surface area (Å²) in [4.78, 5) is 21.8. The Labute approximate surface area is 71.0 Å².